The minimum absolute atomic E-state index is 0.0693. The number of sulfonamides is 1. The van der Waals surface area contributed by atoms with Crippen molar-refractivity contribution in [3.8, 4) is 0 Å². The van der Waals surface area contributed by atoms with Gasteiger partial charge in [-0.1, -0.05) is 12.1 Å². The molecule has 0 bridgehead atoms. The number of hydrogen-bond donors (Lipinski definition) is 3. The van der Waals surface area contributed by atoms with Crippen LogP contribution in [0, 0.1) is 12.7 Å². The van der Waals surface area contributed by atoms with Crippen LogP contribution in [0.4, 0.5) is 4.39 Å². The molecule has 0 aliphatic heterocycles. The van der Waals surface area contributed by atoms with E-state index in [1.807, 2.05) is 0 Å². The van der Waals surface area contributed by atoms with Gasteiger partial charge in [-0.2, -0.15) is 4.72 Å². The van der Waals surface area contributed by atoms with Gasteiger partial charge in [0.1, 0.15) is 11.9 Å². The molecule has 0 aromatic heterocycles. The number of benzene rings is 1. The molecule has 0 aliphatic rings. The maximum absolute atomic E-state index is 13.5. The van der Waals surface area contributed by atoms with E-state index >= 15 is 0 Å². The summed E-state index contributed by atoms with van der Waals surface area (Å²) in [6.45, 7) is 0.775. The summed E-state index contributed by atoms with van der Waals surface area (Å²) in [6, 6.07) is 2.41. The second-order valence-electron chi connectivity index (χ2n) is 4.05. The molecule has 0 spiro atoms. The second kappa shape index (κ2) is 6.09. The first-order valence-corrected chi connectivity index (χ1v) is 6.99. The van der Waals surface area contributed by atoms with Crippen LogP contribution < -0.4 is 4.72 Å². The molecular weight excluding hydrogens is 277 g/mol. The fourth-order valence-electron chi connectivity index (χ4n) is 1.40. The van der Waals surface area contributed by atoms with Crippen molar-refractivity contribution in [2.45, 2.75) is 18.7 Å². The van der Waals surface area contributed by atoms with Gasteiger partial charge in [-0.15, -0.1) is 0 Å². The minimum Gasteiger partial charge on any atom is -0.480 e. The van der Waals surface area contributed by atoms with E-state index < -0.39 is 40.2 Å². The monoisotopic (exact) mass is 291 g/mol. The summed E-state index contributed by atoms with van der Waals surface area (Å²) in [5.41, 5.74) is 0.575. The number of nitrogens with one attached hydrogen (secondary N) is 1. The molecule has 1 rings (SSSR count). The molecule has 0 heterocycles. The van der Waals surface area contributed by atoms with Gasteiger partial charge in [0.05, 0.1) is 12.4 Å². The zero-order valence-electron chi connectivity index (χ0n) is 10.1. The first-order valence-electron chi connectivity index (χ1n) is 5.34. The highest BCUT2D eigenvalue weighted by atomic mass is 32.2. The van der Waals surface area contributed by atoms with Crippen LogP contribution in [0.3, 0.4) is 0 Å². The Kier molecular flexibility index (Phi) is 4.98. The summed E-state index contributed by atoms with van der Waals surface area (Å²) in [7, 11) is -4.06. The van der Waals surface area contributed by atoms with Gasteiger partial charge in [0, 0.05) is 5.56 Å². The third kappa shape index (κ3) is 4.58. The number of carbonyl (C=O) groups is 1. The molecule has 0 fully saturated rings. The highest BCUT2D eigenvalue weighted by Gasteiger charge is 2.24. The molecule has 6 nitrogen and oxygen atoms in total. The lowest BCUT2D eigenvalue weighted by Crippen LogP contribution is -2.43. The maximum atomic E-state index is 13.5. The topological polar surface area (TPSA) is 104 Å². The summed E-state index contributed by atoms with van der Waals surface area (Å²) >= 11 is 0. The molecule has 0 aliphatic carbocycles. The number of aryl methyl sites for hydroxylation is 1. The molecule has 1 aromatic rings. The summed E-state index contributed by atoms with van der Waals surface area (Å²) in [6.07, 6.45) is 0. The maximum Gasteiger partial charge on any atom is 0.324 e. The number of carboxylic acids is 1. The van der Waals surface area contributed by atoms with Gasteiger partial charge >= 0.3 is 5.97 Å². The molecule has 0 unspecified atom stereocenters. The molecular formula is C11H14FNO5S. The Morgan fingerprint density at radius 1 is 1.47 bits per heavy atom. The number of aliphatic carboxylic acids is 1. The molecule has 0 saturated carbocycles. The van der Waals surface area contributed by atoms with Gasteiger partial charge < -0.3 is 10.2 Å². The Balaban J connectivity index is 2.88. The van der Waals surface area contributed by atoms with Crippen molar-refractivity contribution in [3.63, 3.8) is 0 Å². The molecule has 1 atom stereocenters. The van der Waals surface area contributed by atoms with Crippen molar-refractivity contribution >= 4 is 16.0 Å². The van der Waals surface area contributed by atoms with E-state index in [9.17, 15) is 17.6 Å². The Labute approximate surface area is 109 Å². The predicted molar refractivity (Wildman–Crippen MR) is 65.4 cm³/mol. The van der Waals surface area contributed by atoms with E-state index in [2.05, 4.69) is 0 Å². The molecule has 0 radical (unpaired) electrons. The number of rotatable bonds is 6. The van der Waals surface area contributed by atoms with Crippen molar-refractivity contribution < 1.29 is 27.8 Å². The average molecular weight is 291 g/mol. The number of aliphatic hydroxyl groups excluding tert-OH is 1. The SMILES string of the molecule is Cc1ccc(CS(=O)(=O)N[C@H](CO)C(=O)O)c(F)c1. The molecule has 3 N–H and O–H groups in total. The molecule has 106 valence electrons. The van der Waals surface area contributed by atoms with Crippen molar-refractivity contribution in [2.75, 3.05) is 6.61 Å². The van der Waals surface area contributed by atoms with Crippen LogP contribution in [0.1, 0.15) is 11.1 Å². The quantitative estimate of drug-likeness (QED) is 0.684. The lowest BCUT2D eigenvalue weighted by molar-refractivity contribution is -0.139. The van der Waals surface area contributed by atoms with E-state index in [1.165, 1.54) is 12.1 Å². The molecule has 0 amide bonds. The van der Waals surface area contributed by atoms with Crippen LogP contribution >= 0.6 is 0 Å². The van der Waals surface area contributed by atoms with E-state index in [-0.39, 0.29) is 5.56 Å². The Morgan fingerprint density at radius 2 is 2.11 bits per heavy atom. The zero-order chi connectivity index (χ0) is 14.6. The summed E-state index contributed by atoms with van der Waals surface area (Å²) in [5, 5.41) is 17.4. The Hall–Kier alpha value is -1.51. The number of halogens is 1. The predicted octanol–water partition coefficient (Wildman–Crippen LogP) is -0.000980. The normalized spacial score (nSPS) is 13.2. The van der Waals surface area contributed by atoms with Crippen LogP contribution in [0.15, 0.2) is 18.2 Å². The van der Waals surface area contributed by atoms with Gasteiger partial charge in [0.25, 0.3) is 0 Å². The summed E-state index contributed by atoms with van der Waals surface area (Å²) in [5.74, 6) is -2.88. The highest BCUT2D eigenvalue weighted by Crippen LogP contribution is 2.13. The van der Waals surface area contributed by atoms with Gasteiger partial charge in [-0.3, -0.25) is 4.79 Å². The van der Waals surface area contributed by atoms with E-state index in [1.54, 1.807) is 17.7 Å². The van der Waals surface area contributed by atoms with E-state index in [0.717, 1.165) is 0 Å². The van der Waals surface area contributed by atoms with Crippen LogP contribution in [-0.2, 0) is 20.6 Å². The zero-order valence-corrected chi connectivity index (χ0v) is 10.9. The van der Waals surface area contributed by atoms with Crippen molar-refractivity contribution in [2.24, 2.45) is 0 Å². The second-order valence-corrected chi connectivity index (χ2v) is 5.80. The minimum atomic E-state index is -4.06. The third-order valence-electron chi connectivity index (χ3n) is 2.36. The molecule has 1 aromatic carbocycles. The fourth-order valence-corrected chi connectivity index (χ4v) is 2.73. The number of carboxylic acid groups (broad SMARTS) is 1. The lowest BCUT2D eigenvalue weighted by Gasteiger charge is -2.12. The summed E-state index contributed by atoms with van der Waals surface area (Å²) in [4.78, 5) is 10.6. The van der Waals surface area contributed by atoms with Gasteiger partial charge in [0.2, 0.25) is 10.0 Å². The van der Waals surface area contributed by atoms with Gasteiger partial charge in [-0.25, -0.2) is 12.8 Å². The lowest BCUT2D eigenvalue weighted by atomic mass is 10.2. The van der Waals surface area contributed by atoms with Crippen LogP contribution in [0.2, 0.25) is 0 Å². The first-order chi connectivity index (χ1) is 8.75. The molecule has 19 heavy (non-hydrogen) atoms. The van der Waals surface area contributed by atoms with Crippen molar-refractivity contribution in [3.05, 3.63) is 35.1 Å². The van der Waals surface area contributed by atoms with Gasteiger partial charge in [-0.05, 0) is 18.6 Å². The molecule has 0 saturated heterocycles. The Morgan fingerprint density at radius 3 is 2.58 bits per heavy atom. The van der Waals surface area contributed by atoms with E-state index in [4.69, 9.17) is 10.2 Å². The summed E-state index contributed by atoms with van der Waals surface area (Å²) < 4.78 is 38.6. The Bertz CT molecular complexity index is 572. The largest absolute Gasteiger partial charge is 0.480 e. The van der Waals surface area contributed by atoms with Gasteiger partial charge in [0.15, 0.2) is 0 Å². The number of hydrogen-bond acceptors (Lipinski definition) is 4. The van der Waals surface area contributed by atoms with E-state index in [0.29, 0.717) is 5.56 Å². The highest BCUT2D eigenvalue weighted by molar-refractivity contribution is 7.88. The first kappa shape index (κ1) is 15.5. The fraction of sp³-hybridized carbons (Fsp3) is 0.364. The van der Waals surface area contributed by atoms with Crippen molar-refractivity contribution in [1.82, 2.24) is 4.72 Å². The molecule has 8 heteroatoms. The van der Waals surface area contributed by atoms with Crippen molar-refractivity contribution in [1.29, 1.82) is 0 Å². The third-order valence-corrected chi connectivity index (χ3v) is 3.69. The van der Waals surface area contributed by atoms with Crippen LogP contribution in [-0.4, -0.2) is 37.2 Å². The van der Waals surface area contributed by atoms with Crippen LogP contribution in [0.25, 0.3) is 0 Å². The smallest absolute Gasteiger partial charge is 0.324 e. The number of aliphatic hydroxyl groups is 1. The standard InChI is InChI=1S/C11H14FNO5S/c1-7-2-3-8(9(12)4-7)6-19(17,18)13-10(5-14)11(15)16/h2-4,10,13-14H,5-6H2,1H3,(H,15,16)/t10-/m1/s1. The average Bonchev–Trinajstić information content (AvgIpc) is 2.29. The van der Waals surface area contributed by atoms with Crippen LogP contribution in [0.5, 0.6) is 0 Å².